The van der Waals surface area contributed by atoms with Gasteiger partial charge in [0.2, 0.25) is 17.6 Å². The Morgan fingerprint density at radius 1 is 1.36 bits per heavy atom. The molecule has 0 aliphatic carbocycles. The van der Waals surface area contributed by atoms with Crippen molar-refractivity contribution in [2.45, 2.75) is 13.5 Å². The molecule has 2 aromatic rings. The molecule has 1 fully saturated rings. The fraction of sp³-hybridized carbons (Fsp3) is 0.471. The van der Waals surface area contributed by atoms with Crippen LogP contribution in [0.4, 0.5) is 4.39 Å². The molecule has 2 heterocycles. The Morgan fingerprint density at radius 2 is 2.20 bits per heavy atom. The zero-order chi connectivity index (χ0) is 17.8. The Morgan fingerprint density at radius 3 is 2.92 bits per heavy atom. The summed E-state index contributed by atoms with van der Waals surface area (Å²) in [7, 11) is 1.62. The van der Waals surface area contributed by atoms with E-state index in [0.717, 1.165) is 6.54 Å². The second-order valence-electron chi connectivity index (χ2n) is 6.06. The Hall–Kier alpha value is -2.32. The van der Waals surface area contributed by atoms with Crippen molar-refractivity contribution in [2.75, 3.05) is 39.9 Å². The van der Waals surface area contributed by atoms with Crippen LogP contribution in [0.3, 0.4) is 0 Å². The van der Waals surface area contributed by atoms with Crippen LogP contribution in [0, 0.1) is 12.7 Å². The number of amides is 1. The Bertz CT molecular complexity index is 749. The molecule has 25 heavy (non-hydrogen) atoms. The van der Waals surface area contributed by atoms with Crippen molar-refractivity contribution in [1.82, 2.24) is 19.9 Å². The Balaban J connectivity index is 1.60. The molecule has 1 aliphatic rings. The van der Waals surface area contributed by atoms with Gasteiger partial charge in [-0.15, -0.1) is 0 Å². The number of aromatic nitrogens is 2. The van der Waals surface area contributed by atoms with E-state index in [9.17, 15) is 9.18 Å². The quantitative estimate of drug-likeness (QED) is 0.787. The van der Waals surface area contributed by atoms with Gasteiger partial charge in [0.15, 0.2) is 0 Å². The van der Waals surface area contributed by atoms with Gasteiger partial charge in [0.05, 0.1) is 19.7 Å². The summed E-state index contributed by atoms with van der Waals surface area (Å²) in [4.78, 5) is 20.2. The second kappa shape index (κ2) is 7.71. The number of hydrogen-bond donors (Lipinski definition) is 0. The van der Waals surface area contributed by atoms with Crippen molar-refractivity contribution >= 4 is 5.91 Å². The van der Waals surface area contributed by atoms with E-state index in [1.807, 2.05) is 4.90 Å². The number of ether oxygens (including phenoxy) is 1. The maximum absolute atomic E-state index is 13.4. The Kier molecular flexibility index (Phi) is 5.40. The number of halogens is 1. The highest BCUT2D eigenvalue weighted by Gasteiger charge is 2.25. The lowest BCUT2D eigenvalue weighted by Gasteiger charge is -2.33. The van der Waals surface area contributed by atoms with Gasteiger partial charge >= 0.3 is 0 Å². The highest BCUT2D eigenvalue weighted by molar-refractivity contribution is 5.79. The number of hydrogen-bond acceptors (Lipinski definition) is 6. The molecule has 1 aliphatic heterocycles. The van der Waals surface area contributed by atoms with Gasteiger partial charge in [0.25, 0.3) is 0 Å². The van der Waals surface area contributed by atoms with Gasteiger partial charge in [-0.1, -0.05) is 5.16 Å². The summed E-state index contributed by atoms with van der Waals surface area (Å²) in [6, 6.07) is 4.69. The third kappa shape index (κ3) is 4.21. The topological polar surface area (TPSA) is 71.7 Å². The maximum atomic E-state index is 13.4. The second-order valence-corrected chi connectivity index (χ2v) is 6.06. The average molecular weight is 348 g/mol. The third-order valence-corrected chi connectivity index (χ3v) is 4.21. The minimum atomic E-state index is -0.266. The number of benzene rings is 1. The van der Waals surface area contributed by atoms with Crippen molar-refractivity contribution in [3.63, 3.8) is 0 Å². The van der Waals surface area contributed by atoms with Crippen LogP contribution in [-0.4, -0.2) is 65.7 Å². The standard InChI is InChI=1S/C17H21FN4O3/c1-12-9-13(3-4-14(12)18)17-19-15(25-20-17)10-21-5-6-22(7-8-24-2)16(23)11-21/h3-4,9H,5-8,10-11H2,1-2H3. The highest BCUT2D eigenvalue weighted by Crippen LogP contribution is 2.19. The van der Waals surface area contributed by atoms with Crippen LogP contribution in [0.15, 0.2) is 22.7 Å². The van der Waals surface area contributed by atoms with Crippen LogP contribution in [-0.2, 0) is 16.1 Å². The van der Waals surface area contributed by atoms with E-state index in [1.54, 1.807) is 31.1 Å². The lowest BCUT2D eigenvalue weighted by atomic mass is 10.1. The molecule has 0 atom stereocenters. The van der Waals surface area contributed by atoms with E-state index in [-0.39, 0.29) is 11.7 Å². The van der Waals surface area contributed by atoms with Gasteiger partial charge < -0.3 is 14.2 Å². The summed E-state index contributed by atoms with van der Waals surface area (Å²) in [5, 5.41) is 3.95. The number of carbonyl (C=O) groups is 1. The lowest BCUT2D eigenvalue weighted by Crippen LogP contribution is -2.50. The van der Waals surface area contributed by atoms with Gasteiger partial charge in [-0.05, 0) is 30.7 Å². The van der Waals surface area contributed by atoms with Crippen molar-refractivity contribution in [2.24, 2.45) is 0 Å². The molecular formula is C17H21FN4O3. The molecule has 0 saturated carbocycles. The van der Waals surface area contributed by atoms with E-state index in [4.69, 9.17) is 9.26 Å². The molecule has 7 nitrogen and oxygen atoms in total. The van der Waals surface area contributed by atoms with Crippen LogP contribution < -0.4 is 0 Å². The first-order valence-electron chi connectivity index (χ1n) is 8.15. The van der Waals surface area contributed by atoms with Crippen molar-refractivity contribution in [3.8, 4) is 11.4 Å². The first kappa shape index (κ1) is 17.5. The molecule has 0 unspecified atom stereocenters. The zero-order valence-electron chi connectivity index (χ0n) is 14.4. The number of aryl methyl sites for hydroxylation is 1. The summed E-state index contributed by atoms with van der Waals surface area (Å²) < 4.78 is 23.6. The molecule has 1 amide bonds. The predicted molar refractivity (Wildman–Crippen MR) is 88.2 cm³/mol. The molecule has 0 N–H and O–H groups in total. The molecule has 1 saturated heterocycles. The normalized spacial score (nSPS) is 15.8. The molecule has 0 spiro atoms. The summed E-state index contributed by atoms with van der Waals surface area (Å²) in [5.41, 5.74) is 1.23. The highest BCUT2D eigenvalue weighted by atomic mass is 19.1. The molecule has 8 heteroatoms. The predicted octanol–water partition coefficient (Wildman–Crippen LogP) is 1.47. The summed E-state index contributed by atoms with van der Waals surface area (Å²) in [6.07, 6.45) is 0. The molecule has 134 valence electrons. The van der Waals surface area contributed by atoms with Gasteiger partial charge in [-0.25, -0.2) is 4.39 Å². The van der Waals surface area contributed by atoms with Crippen molar-refractivity contribution < 1.29 is 18.4 Å². The number of carbonyl (C=O) groups excluding carboxylic acids is 1. The van der Waals surface area contributed by atoms with E-state index in [1.165, 1.54) is 6.07 Å². The van der Waals surface area contributed by atoms with Crippen LogP contribution in [0.5, 0.6) is 0 Å². The van der Waals surface area contributed by atoms with Gasteiger partial charge in [-0.2, -0.15) is 4.98 Å². The molecule has 0 bridgehead atoms. The third-order valence-electron chi connectivity index (χ3n) is 4.21. The largest absolute Gasteiger partial charge is 0.383 e. The van der Waals surface area contributed by atoms with Crippen LogP contribution >= 0.6 is 0 Å². The minimum Gasteiger partial charge on any atom is -0.383 e. The van der Waals surface area contributed by atoms with Gasteiger partial charge in [0, 0.05) is 32.3 Å². The first-order valence-corrected chi connectivity index (χ1v) is 8.15. The van der Waals surface area contributed by atoms with Gasteiger partial charge in [-0.3, -0.25) is 9.69 Å². The van der Waals surface area contributed by atoms with Crippen LogP contribution in [0.25, 0.3) is 11.4 Å². The smallest absolute Gasteiger partial charge is 0.241 e. The van der Waals surface area contributed by atoms with E-state index < -0.39 is 0 Å². The lowest BCUT2D eigenvalue weighted by molar-refractivity contribution is -0.137. The van der Waals surface area contributed by atoms with Gasteiger partial charge in [0.1, 0.15) is 5.82 Å². The van der Waals surface area contributed by atoms with E-state index in [0.29, 0.717) is 55.6 Å². The fourth-order valence-electron chi connectivity index (χ4n) is 2.74. The number of piperazine rings is 1. The minimum absolute atomic E-state index is 0.0669. The van der Waals surface area contributed by atoms with Crippen molar-refractivity contribution in [3.05, 3.63) is 35.5 Å². The molecule has 0 radical (unpaired) electrons. The monoisotopic (exact) mass is 348 g/mol. The Labute approximate surface area is 145 Å². The SMILES string of the molecule is COCCN1CCN(Cc2nc(-c3ccc(F)c(C)c3)no2)CC1=O. The fourth-order valence-corrected chi connectivity index (χ4v) is 2.74. The summed E-state index contributed by atoms with van der Waals surface area (Å²) in [6.45, 7) is 4.96. The average Bonchev–Trinajstić information content (AvgIpc) is 3.05. The maximum Gasteiger partial charge on any atom is 0.241 e. The molecule has 1 aromatic heterocycles. The van der Waals surface area contributed by atoms with E-state index in [2.05, 4.69) is 10.1 Å². The number of methoxy groups -OCH3 is 1. The van der Waals surface area contributed by atoms with Crippen molar-refractivity contribution in [1.29, 1.82) is 0 Å². The van der Waals surface area contributed by atoms with Crippen LogP contribution in [0.1, 0.15) is 11.5 Å². The molecule has 1 aromatic carbocycles. The zero-order valence-corrected chi connectivity index (χ0v) is 14.4. The number of nitrogens with zero attached hydrogens (tertiary/aromatic N) is 4. The van der Waals surface area contributed by atoms with Crippen LogP contribution in [0.2, 0.25) is 0 Å². The first-order chi connectivity index (χ1) is 12.1. The summed E-state index contributed by atoms with van der Waals surface area (Å²) >= 11 is 0. The summed E-state index contributed by atoms with van der Waals surface area (Å²) in [5.74, 6) is 0.660. The molecular weight excluding hydrogens is 327 g/mol. The number of rotatable bonds is 6. The van der Waals surface area contributed by atoms with E-state index >= 15 is 0 Å². The molecule has 3 rings (SSSR count).